The fraction of sp³-hybridized carbons (Fsp3) is 0.333. The number of hydrogen-bond acceptors (Lipinski definition) is 4. The van der Waals surface area contributed by atoms with Gasteiger partial charge >= 0.3 is 0 Å². The maximum atomic E-state index is 13.9. The molecule has 1 aliphatic rings. The number of rotatable bonds is 3. The van der Waals surface area contributed by atoms with E-state index in [1.54, 1.807) is 4.68 Å². The minimum atomic E-state index is -4.02. The van der Waals surface area contributed by atoms with E-state index in [1.165, 1.54) is 24.5 Å². The zero-order valence-electron chi connectivity index (χ0n) is 10.8. The third-order valence-electron chi connectivity index (χ3n) is 3.32. The van der Waals surface area contributed by atoms with Crippen LogP contribution in [0.25, 0.3) is 0 Å². The second kappa shape index (κ2) is 5.36. The van der Waals surface area contributed by atoms with Crippen LogP contribution in [-0.4, -0.2) is 23.2 Å². The van der Waals surface area contributed by atoms with Crippen molar-refractivity contribution in [1.82, 2.24) is 19.5 Å². The predicted molar refractivity (Wildman–Crippen MR) is 73.7 cm³/mol. The normalized spacial score (nSPS) is 18.5. The van der Waals surface area contributed by atoms with Gasteiger partial charge in [-0.25, -0.2) is 27.2 Å². The summed E-state index contributed by atoms with van der Waals surface area (Å²) in [7, 11) is -4.02. The van der Waals surface area contributed by atoms with Crippen LogP contribution in [-0.2, 0) is 16.6 Å². The van der Waals surface area contributed by atoms with Gasteiger partial charge in [0.05, 0.1) is 11.1 Å². The van der Waals surface area contributed by atoms with Gasteiger partial charge in [-0.05, 0) is 25.0 Å². The van der Waals surface area contributed by atoms with Gasteiger partial charge in [-0.2, -0.15) is 5.10 Å². The van der Waals surface area contributed by atoms with E-state index >= 15 is 0 Å². The summed E-state index contributed by atoms with van der Waals surface area (Å²) in [4.78, 5) is 3.60. The largest absolute Gasteiger partial charge is 0.248 e. The second-order valence-electron chi connectivity index (χ2n) is 4.71. The summed E-state index contributed by atoms with van der Waals surface area (Å²) in [5.41, 5.74) is 0. The second-order valence-corrected chi connectivity index (χ2v) is 6.80. The van der Waals surface area contributed by atoms with Crippen molar-refractivity contribution in [3.63, 3.8) is 0 Å². The molecule has 1 N–H and O–H groups in total. The first-order chi connectivity index (χ1) is 9.99. The van der Waals surface area contributed by atoms with Gasteiger partial charge in [0.2, 0.25) is 10.0 Å². The summed E-state index contributed by atoms with van der Waals surface area (Å²) in [6.07, 6.45) is 2.73. The van der Waals surface area contributed by atoms with E-state index in [0.717, 1.165) is 6.42 Å². The van der Waals surface area contributed by atoms with Gasteiger partial charge in [0.25, 0.3) is 0 Å². The average molecular weight is 331 g/mol. The Labute approximate surface area is 126 Å². The molecule has 1 aromatic heterocycles. The lowest BCUT2D eigenvalue weighted by molar-refractivity contribution is 0.399. The zero-order chi connectivity index (χ0) is 15.0. The van der Waals surface area contributed by atoms with Crippen LogP contribution < -0.4 is 4.72 Å². The summed E-state index contributed by atoms with van der Waals surface area (Å²) < 4.78 is 42.7. The molecule has 0 fully saturated rings. The standard InChI is InChI=1S/C12H12ClFN4O2S/c13-8-3-1-5-10(11(8)14)21(19,20)17-9-4-2-6-18-12(9)15-7-16-18/h1,3,5,7,9,17H,2,4,6H2/t9-/m1/s1. The number of aromatic nitrogens is 3. The molecule has 0 saturated carbocycles. The van der Waals surface area contributed by atoms with E-state index in [1.807, 2.05) is 0 Å². The molecule has 0 radical (unpaired) electrons. The predicted octanol–water partition coefficient (Wildman–Crippen LogP) is 1.88. The highest BCUT2D eigenvalue weighted by atomic mass is 35.5. The molecule has 21 heavy (non-hydrogen) atoms. The van der Waals surface area contributed by atoms with Gasteiger partial charge in [-0.1, -0.05) is 17.7 Å². The summed E-state index contributed by atoms with van der Waals surface area (Å²) >= 11 is 5.63. The molecule has 3 rings (SSSR count). The Morgan fingerprint density at radius 1 is 1.43 bits per heavy atom. The molecule has 0 aliphatic carbocycles. The molecule has 1 aliphatic heterocycles. The number of aryl methyl sites for hydroxylation is 1. The third kappa shape index (κ3) is 2.66. The molecular formula is C12H12ClFN4O2S. The van der Waals surface area contributed by atoms with Crippen molar-refractivity contribution in [1.29, 1.82) is 0 Å². The Hall–Kier alpha value is -1.51. The molecule has 1 aromatic carbocycles. The highest BCUT2D eigenvalue weighted by molar-refractivity contribution is 7.89. The maximum absolute atomic E-state index is 13.9. The van der Waals surface area contributed by atoms with Gasteiger partial charge < -0.3 is 0 Å². The van der Waals surface area contributed by atoms with E-state index in [2.05, 4.69) is 14.8 Å². The zero-order valence-corrected chi connectivity index (χ0v) is 12.4. The van der Waals surface area contributed by atoms with Crippen LogP contribution in [0, 0.1) is 5.82 Å². The fourth-order valence-corrected chi connectivity index (χ4v) is 3.90. The first-order valence-corrected chi connectivity index (χ1v) is 8.19. The van der Waals surface area contributed by atoms with Crippen LogP contribution in [0.15, 0.2) is 29.4 Å². The Morgan fingerprint density at radius 3 is 3.05 bits per heavy atom. The van der Waals surface area contributed by atoms with E-state index in [4.69, 9.17) is 11.6 Å². The van der Waals surface area contributed by atoms with Crippen molar-refractivity contribution < 1.29 is 12.8 Å². The average Bonchev–Trinajstić information content (AvgIpc) is 2.91. The lowest BCUT2D eigenvalue weighted by Crippen LogP contribution is -2.33. The molecule has 0 bridgehead atoms. The van der Waals surface area contributed by atoms with Crippen LogP contribution in [0.4, 0.5) is 4.39 Å². The Balaban J connectivity index is 1.93. The van der Waals surface area contributed by atoms with Crippen LogP contribution in [0.3, 0.4) is 0 Å². The number of sulfonamides is 1. The van der Waals surface area contributed by atoms with E-state index < -0.39 is 26.8 Å². The Kier molecular flexibility index (Phi) is 3.68. The number of benzene rings is 1. The monoisotopic (exact) mass is 330 g/mol. The summed E-state index contributed by atoms with van der Waals surface area (Å²) in [6.45, 7) is 0.694. The van der Waals surface area contributed by atoms with E-state index in [9.17, 15) is 12.8 Å². The highest BCUT2D eigenvalue weighted by Crippen LogP contribution is 2.27. The molecule has 2 aromatic rings. The number of nitrogens with zero attached hydrogens (tertiary/aromatic N) is 3. The maximum Gasteiger partial charge on any atom is 0.244 e. The van der Waals surface area contributed by atoms with Gasteiger partial charge in [0, 0.05) is 6.54 Å². The Bertz CT molecular complexity index is 777. The minimum absolute atomic E-state index is 0.232. The van der Waals surface area contributed by atoms with Gasteiger partial charge in [0.15, 0.2) is 5.82 Å². The van der Waals surface area contributed by atoms with Crippen LogP contribution in [0.1, 0.15) is 24.7 Å². The summed E-state index contributed by atoms with van der Waals surface area (Å²) in [6, 6.07) is 3.35. The van der Waals surface area contributed by atoms with Crippen molar-refractivity contribution in [3.8, 4) is 0 Å². The number of fused-ring (bicyclic) bond motifs is 1. The molecular weight excluding hydrogens is 319 g/mol. The van der Waals surface area contributed by atoms with Crippen LogP contribution in [0.5, 0.6) is 0 Å². The summed E-state index contributed by atoms with van der Waals surface area (Å²) in [5, 5.41) is 3.79. The van der Waals surface area contributed by atoms with Crippen molar-refractivity contribution in [2.45, 2.75) is 30.3 Å². The smallest absolute Gasteiger partial charge is 0.244 e. The molecule has 1 atom stereocenters. The van der Waals surface area contributed by atoms with Crippen molar-refractivity contribution in [2.24, 2.45) is 0 Å². The van der Waals surface area contributed by atoms with Crippen molar-refractivity contribution in [2.75, 3.05) is 0 Å². The summed E-state index contributed by atoms with van der Waals surface area (Å²) in [5.74, 6) is -0.420. The first-order valence-electron chi connectivity index (χ1n) is 6.33. The quantitative estimate of drug-likeness (QED) is 0.932. The number of hydrogen-bond donors (Lipinski definition) is 1. The van der Waals surface area contributed by atoms with Gasteiger partial charge in [-0.15, -0.1) is 0 Å². The van der Waals surface area contributed by atoms with Crippen molar-refractivity contribution >= 4 is 21.6 Å². The van der Waals surface area contributed by atoms with Gasteiger partial charge in [-0.3, -0.25) is 0 Å². The number of halogens is 2. The molecule has 0 unspecified atom stereocenters. The van der Waals surface area contributed by atoms with E-state index in [0.29, 0.717) is 18.8 Å². The molecule has 2 heterocycles. The first kappa shape index (κ1) is 14.4. The Morgan fingerprint density at radius 2 is 2.24 bits per heavy atom. The molecule has 112 valence electrons. The topological polar surface area (TPSA) is 76.9 Å². The lowest BCUT2D eigenvalue weighted by atomic mass is 10.1. The van der Waals surface area contributed by atoms with Crippen molar-refractivity contribution in [3.05, 3.63) is 41.2 Å². The minimum Gasteiger partial charge on any atom is -0.248 e. The molecule has 0 saturated heterocycles. The highest BCUT2D eigenvalue weighted by Gasteiger charge is 2.29. The lowest BCUT2D eigenvalue weighted by Gasteiger charge is -2.23. The molecule has 0 amide bonds. The molecule has 6 nitrogen and oxygen atoms in total. The molecule has 0 spiro atoms. The fourth-order valence-electron chi connectivity index (χ4n) is 2.34. The van der Waals surface area contributed by atoms with Gasteiger partial charge in [0.1, 0.15) is 17.0 Å². The molecule has 9 heteroatoms. The van der Waals surface area contributed by atoms with E-state index in [-0.39, 0.29) is 5.02 Å². The van der Waals surface area contributed by atoms with Crippen LogP contribution >= 0.6 is 11.6 Å². The SMILES string of the molecule is O=S(=O)(N[C@@H]1CCCn2ncnc21)c1cccc(Cl)c1F. The van der Waals surface area contributed by atoms with Crippen LogP contribution in [0.2, 0.25) is 5.02 Å². The third-order valence-corrected chi connectivity index (χ3v) is 5.10. The number of nitrogens with one attached hydrogen (secondary N) is 1.